The van der Waals surface area contributed by atoms with Crippen molar-refractivity contribution in [2.45, 2.75) is 38.7 Å². The number of nitrogens with one attached hydrogen (secondary N) is 1. The molecular formula is C22H24N4O4. The monoisotopic (exact) mass is 408 g/mol. The molecule has 1 aromatic heterocycles. The van der Waals surface area contributed by atoms with E-state index in [1.807, 2.05) is 31.2 Å². The number of Topliss-reactive ketones (excluding diaryl/α,β-unsaturated/α-hetero) is 1. The Kier molecular flexibility index (Phi) is 5.39. The first-order valence-electron chi connectivity index (χ1n) is 9.82. The molecule has 1 N–H and O–H groups in total. The first-order chi connectivity index (χ1) is 14.5. The second-order valence-electron chi connectivity index (χ2n) is 7.51. The number of methoxy groups -OCH3 is 1. The van der Waals surface area contributed by atoms with Crippen molar-refractivity contribution in [1.82, 2.24) is 20.1 Å². The summed E-state index contributed by atoms with van der Waals surface area (Å²) in [4.78, 5) is 29.6. The lowest BCUT2D eigenvalue weighted by Gasteiger charge is -2.32. The van der Waals surface area contributed by atoms with Gasteiger partial charge in [0.05, 0.1) is 12.7 Å². The first kappa shape index (κ1) is 19.9. The maximum atomic E-state index is 12.9. The number of para-hydroxylation sites is 1. The van der Waals surface area contributed by atoms with E-state index in [1.54, 1.807) is 18.8 Å². The number of hydrogen-bond donors (Lipinski definition) is 1. The van der Waals surface area contributed by atoms with E-state index in [9.17, 15) is 9.59 Å². The number of carbonyl (C=O) groups is 2. The summed E-state index contributed by atoms with van der Waals surface area (Å²) in [6.07, 6.45) is 2.77. The summed E-state index contributed by atoms with van der Waals surface area (Å²) in [5.41, 5.74) is 3.75. The van der Waals surface area contributed by atoms with Gasteiger partial charge in [0.25, 0.3) is 0 Å². The molecule has 0 fully saturated rings. The molecule has 0 amide bonds. The van der Waals surface area contributed by atoms with Crippen molar-refractivity contribution in [3.05, 3.63) is 64.5 Å². The lowest BCUT2D eigenvalue weighted by Crippen LogP contribution is -2.31. The minimum Gasteiger partial charge on any atom is -0.496 e. The number of dihydropyridines is 1. The average molecular weight is 408 g/mol. The molecule has 30 heavy (non-hydrogen) atoms. The fourth-order valence-electron chi connectivity index (χ4n) is 4.02. The number of esters is 1. The maximum Gasteiger partial charge on any atom is 0.336 e. The molecule has 0 spiro atoms. The molecular weight excluding hydrogens is 384 g/mol. The smallest absolute Gasteiger partial charge is 0.336 e. The number of nitrogens with zero attached hydrogens (tertiary/aromatic N) is 3. The number of aryl methyl sites for hydroxylation is 1. The van der Waals surface area contributed by atoms with Crippen molar-refractivity contribution in [2.24, 2.45) is 7.05 Å². The molecule has 8 heteroatoms. The number of hydrogen-bond acceptors (Lipinski definition) is 7. The molecule has 1 aliphatic heterocycles. The van der Waals surface area contributed by atoms with Gasteiger partial charge in [0.15, 0.2) is 18.2 Å². The van der Waals surface area contributed by atoms with Crippen molar-refractivity contribution in [3.63, 3.8) is 0 Å². The Labute approximate surface area is 174 Å². The predicted molar refractivity (Wildman–Crippen MR) is 108 cm³/mol. The number of aromatic nitrogens is 3. The summed E-state index contributed by atoms with van der Waals surface area (Å²) < 4.78 is 12.4. The summed E-state index contributed by atoms with van der Waals surface area (Å²) in [6.45, 7) is 1.86. The zero-order valence-corrected chi connectivity index (χ0v) is 17.3. The Bertz CT molecular complexity index is 1070. The molecule has 0 radical (unpaired) electrons. The third kappa shape index (κ3) is 3.72. The molecule has 2 heterocycles. The van der Waals surface area contributed by atoms with Crippen molar-refractivity contribution in [2.75, 3.05) is 7.11 Å². The van der Waals surface area contributed by atoms with Crippen LogP contribution in [0.2, 0.25) is 0 Å². The Morgan fingerprint density at radius 2 is 2.10 bits per heavy atom. The SMILES string of the molecule is COc1ccccc1[C@H]1CC(=O)C2=C(C1)NC(C)=C(C(=O)OCc1ncnn1C)C2. The highest BCUT2D eigenvalue weighted by Crippen LogP contribution is 2.41. The van der Waals surface area contributed by atoms with Crippen LogP contribution in [-0.2, 0) is 28.0 Å². The molecule has 0 unspecified atom stereocenters. The first-order valence-corrected chi connectivity index (χ1v) is 9.82. The highest BCUT2D eigenvalue weighted by molar-refractivity contribution is 6.01. The highest BCUT2D eigenvalue weighted by atomic mass is 16.5. The summed E-state index contributed by atoms with van der Waals surface area (Å²) in [5.74, 6) is 0.978. The van der Waals surface area contributed by atoms with Crippen LogP contribution < -0.4 is 10.1 Å². The van der Waals surface area contributed by atoms with Gasteiger partial charge in [0, 0.05) is 42.8 Å². The minimum atomic E-state index is -0.450. The van der Waals surface area contributed by atoms with E-state index >= 15 is 0 Å². The van der Waals surface area contributed by atoms with Crippen molar-refractivity contribution >= 4 is 11.8 Å². The second-order valence-corrected chi connectivity index (χ2v) is 7.51. The normalized spacial score (nSPS) is 18.8. The van der Waals surface area contributed by atoms with Crippen LogP contribution in [-0.4, -0.2) is 33.6 Å². The summed E-state index contributed by atoms with van der Waals surface area (Å²) >= 11 is 0. The zero-order chi connectivity index (χ0) is 21.3. The van der Waals surface area contributed by atoms with Crippen LogP contribution in [0.15, 0.2) is 53.1 Å². The van der Waals surface area contributed by atoms with Crippen LogP contribution in [0, 0.1) is 0 Å². The van der Waals surface area contributed by atoms with Crippen LogP contribution in [0.4, 0.5) is 0 Å². The van der Waals surface area contributed by atoms with Crippen molar-refractivity contribution < 1.29 is 19.1 Å². The molecule has 0 saturated carbocycles. The van der Waals surface area contributed by atoms with E-state index in [0.717, 1.165) is 17.0 Å². The van der Waals surface area contributed by atoms with Crippen LogP contribution in [0.3, 0.4) is 0 Å². The average Bonchev–Trinajstić information content (AvgIpc) is 3.16. The maximum absolute atomic E-state index is 12.9. The molecule has 8 nitrogen and oxygen atoms in total. The van der Waals surface area contributed by atoms with Gasteiger partial charge < -0.3 is 14.8 Å². The van der Waals surface area contributed by atoms with E-state index in [4.69, 9.17) is 9.47 Å². The number of benzene rings is 1. The quantitative estimate of drug-likeness (QED) is 0.760. The molecule has 1 atom stereocenters. The van der Waals surface area contributed by atoms with Gasteiger partial charge >= 0.3 is 5.97 Å². The van der Waals surface area contributed by atoms with Crippen LogP contribution >= 0.6 is 0 Å². The largest absolute Gasteiger partial charge is 0.496 e. The van der Waals surface area contributed by atoms with Gasteiger partial charge in [-0.25, -0.2) is 9.78 Å². The third-order valence-corrected chi connectivity index (χ3v) is 5.69. The van der Waals surface area contributed by atoms with E-state index in [2.05, 4.69) is 15.4 Å². The predicted octanol–water partition coefficient (Wildman–Crippen LogP) is 2.54. The van der Waals surface area contributed by atoms with Gasteiger partial charge in [-0.15, -0.1) is 0 Å². The lowest BCUT2D eigenvalue weighted by molar-refractivity contribution is -0.140. The standard InChI is InChI=1S/C22H24N4O4/c1-13-16(22(28)30-11-21-23-12-24-26(21)2)10-17-18(25-13)8-14(9-19(17)27)15-6-4-5-7-20(15)29-3/h4-7,12,14,25H,8-11H2,1-3H3/t14-/m1/s1. The Hall–Kier alpha value is -3.42. The second kappa shape index (κ2) is 8.14. The van der Waals surface area contributed by atoms with Gasteiger partial charge in [-0.2, -0.15) is 5.10 Å². The fraction of sp³-hybridized carbons (Fsp3) is 0.364. The summed E-state index contributed by atoms with van der Waals surface area (Å²) in [6, 6.07) is 7.79. The van der Waals surface area contributed by atoms with E-state index in [-0.39, 0.29) is 24.7 Å². The highest BCUT2D eigenvalue weighted by Gasteiger charge is 2.34. The zero-order valence-electron chi connectivity index (χ0n) is 17.3. The van der Waals surface area contributed by atoms with Crippen molar-refractivity contribution in [3.8, 4) is 5.75 Å². The Morgan fingerprint density at radius 3 is 2.83 bits per heavy atom. The molecule has 156 valence electrons. The van der Waals surface area contributed by atoms with Gasteiger partial charge in [0.1, 0.15) is 12.1 Å². The van der Waals surface area contributed by atoms with Crippen molar-refractivity contribution in [1.29, 1.82) is 0 Å². The number of carbonyl (C=O) groups excluding carboxylic acids is 2. The minimum absolute atomic E-state index is 0.0296. The molecule has 4 rings (SSSR count). The topological polar surface area (TPSA) is 95.3 Å². The fourth-order valence-corrected chi connectivity index (χ4v) is 4.02. The van der Waals surface area contributed by atoms with Gasteiger partial charge in [-0.3, -0.25) is 9.48 Å². The lowest BCUT2D eigenvalue weighted by atomic mass is 9.78. The number of ether oxygens (including phenoxy) is 2. The molecule has 1 aliphatic carbocycles. The van der Waals surface area contributed by atoms with Gasteiger partial charge in [-0.05, 0) is 25.0 Å². The molecule has 1 aromatic carbocycles. The van der Waals surface area contributed by atoms with Gasteiger partial charge in [0.2, 0.25) is 0 Å². The number of allylic oxidation sites excluding steroid dienone is 3. The molecule has 0 bridgehead atoms. The number of ketones is 1. The van der Waals surface area contributed by atoms with Gasteiger partial charge in [-0.1, -0.05) is 18.2 Å². The Balaban J connectivity index is 1.49. The molecule has 0 saturated heterocycles. The summed E-state index contributed by atoms with van der Waals surface area (Å²) in [7, 11) is 3.37. The molecule has 2 aromatic rings. The molecule has 2 aliphatic rings. The van der Waals surface area contributed by atoms with Crippen LogP contribution in [0.1, 0.15) is 43.5 Å². The van der Waals surface area contributed by atoms with E-state index in [1.165, 1.54) is 6.33 Å². The van der Waals surface area contributed by atoms with E-state index in [0.29, 0.717) is 35.5 Å². The third-order valence-electron chi connectivity index (χ3n) is 5.69. The number of rotatable bonds is 5. The Morgan fingerprint density at radius 1 is 1.30 bits per heavy atom. The van der Waals surface area contributed by atoms with E-state index < -0.39 is 5.97 Å². The summed E-state index contributed by atoms with van der Waals surface area (Å²) in [5, 5.41) is 7.24. The van der Waals surface area contributed by atoms with Crippen LogP contribution in [0.25, 0.3) is 0 Å². The van der Waals surface area contributed by atoms with Crippen LogP contribution in [0.5, 0.6) is 5.75 Å².